The quantitative estimate of drug-likeness (QED) is 0.169. The molecular formula is C53H52N4. The third kappa shape index (κ3) is 6.38. The van der Waals surface area contributed by atoms with E-state index in [1.165, 1.54) is 77.9 Å². The molecule has 0 bridgehead atoms. The molecule has 0 amide bonds. The van der Waals surface area contributed by atoms with Crippen LogP contribution in [0.4, 0.5) is 22.7 Å². The first-order valence-corrected chi connectivity index (χ1v) is 20.2. The SMILES string of the molecule is CC(C)(C)c1cc(N2CN(c3ccccc3-c3ccccc3)c3ccccc32)cc(C(C)(C)c2ccc3c4ccccc4n(-c4cc(C(C)(C)C)ccn4)c3c2)c1. The Morgan fingerprint density at radius 2 is 1.07 bits per heavy atom. The van der Waals surface area contributed by atoms with Gasteiger partial charge in [0.15, 0.2) is 0 Å². The van der Waals surface area contributed by atoms with Gasteiger partial charge in [-0.25, -0.2) is 4.98 Å². The Bertz CT molecular complexity index is 2780. The number of nitrogens with zero attached hydrogens (tertiary/aromatic N) is 4. The van der Waals surface area contributed by atoms with E-state index in [1.54, 1.807) is 0 Å². The number of pyridine rings is 1. The Kier molecular flexibility index (Phi) is 8.66. The Morgan fingerprint density at radius 3 is 1.81 bits per heavy atom. The number of para-hydroxylation sites is 4. The van der Waals surface area contributed by atoms with Gasteiger partial charge in [0.05, 0.1) is 28.1 Å². The fraction of sp³-hybridized carbons (Fsp3) is 0.226. The predicted molar refractivity (Wildman–Crippen MR) is 242 cm³/mol. The zero-order valence-corrected chi connectivity index (χ0v) is 34.5. The van der Waals surface area contributed by atoms with Crippen molar-refractivity contribution in [2.24, 2.45) is 0 Å². The third-order valence-corrected chi connectivity index (χ3v) is 12.1. The average molecular weight is 745 g/mol. The summed E-state index contributed by atoms with van der Waals surface area (Å²) in [6, 6.07) is 55.9. The number of hydrogen-bond donors (Lipinski definition) is 0. The van der Waals surface area contributed by atoms with E-state index >= 15 is 0 Å². The van der Waals surface area contributed by atoms with Crippen molar-refractivity contribution in [3.8, 4) is 16.9 Å². The van der Waals surface area contributed by atoms with Crippen molar-refractivity contribution < 1.29 is 0 Å². The molecule has 0 N–H and O–H groups in total. The molecule has 0 spiro atoms. The first-order chi connectivity index (χ1) is 27.3. The number of fused-ring (bicyclic) bond motifs is 4. The Balaban J connectivity index is 1.18. The van der Waals surface area contributed by atoms with Crippen molar-refractivity contribution in [2.45, 2.75) is 71.6 Å². The molecule has 4 heteroatoms. The summed E-state index contributed by atoms with van der Waals surface area (Å²) >= 11 is 0. The van der Waals surface area contributed by atoms with Gasteiger partial charge in [-0.05, 0) is 93.2 Å². The van der Waals surface area contributed by atoms with Gasteiger partial charge in [-0.15, -0.1) is 0 Å². The molecule has 0 aliphatic carbocycles. The summed E-state index contributed by atoms with van der Waals surface area (Å²) in [5.41, 5.74) is 14.4. The summed E-state index contributed by atoms with van der Waals surface area (Å²) in [6.45, 7) is 19.2. The highest BCUT2D eigenvalue weighted by molar-refractivity contribution is 6.09. The molecule has 57 heavy (non-hydrogen) atoms. The molecule has 2 aromatic heterocycles. The van der Waals surface area contributed by atoms with Crippen molar-refractivity contribution in [1.29, 1.82) is 0 Å². The minimum absolute atomic E-state index is 0.0115. The van der Waals surface area contributed by atoms with Gasteiger partial charge in [0, 0.05) is 33.6 Å². The summed E-state index contributed by atoms with van der Waals surface area (Å²) in [7, 11) is 0. The maximum atomic E-state index is 4.96. The van der Waals surface area contributed by atoms with Crippen LogP contribution in [0, 0.1) is 0 Å². The first kappa shape index (κ1) is 36.5. The lowest BCUT2D eigenvalue weighted by atomic mass is 9.75. The zero-order chi connectivity index (χ0) is 39.7. The summed E-state index contributed by atoms with van der Waals surface area (Å²) in [5.74, 6) is 0.951. The molecule has 0 fully saturated rings. The van der Waals surface area contributed by atoms with Crippen LogP contribution in [0.1, 0.15) is 77.6 Å². The van der Waals surface area contributed by atoms with Crippen LogP contribution in [0.3, 0.4) is 0 Å². The number of benzene rings is 6. The van der Waals surface area contributed by atoms with E-state index in [4.69, 9.17) is 4.98 Å². The molecule has 9 rings (SSSR count). The molecule has 284 valence electrons. The second-order valence-electron chi connectivity index (χ2n) is 18.3. The van der Waals surface area contributed by atoms with Crippen LogP contribution < -0.4 is 9.80 Å². The molecule has 0 saturated carbocycles. The monoisotopic (exact) mass is 744 g/mol. The van der Waals surface area contributed by atoms with E-state index in [-0.39, 0.29) is 16.2 Å². The molecule has 1 aliphatic heterocycles. The molecule has 0 saturated heterocycles. The normalized spacial score (nSPS) is 13.5. The van der Waals surface area contributed by atoms with E-state index in [0.29, 0.717) is 6.67 Å². The van der Waals surface area contributed by atoms with Crippen molar-refractivity contribution >= 4 is 44.6 Å². The van der Waals surface area contributed by atoms with Gasteiger partial charge in [0.1, 0.15) is 12.5 Å². The van der Waals surface area contributed by atoms with Crippen LogP contribution in [0.5, 0.6) is 0 Å². The molecule has 0 atom stereocenters. The minimum atomic E-state index is -0.314. The van der Waals surface area contributed by atoms with Gasteiger partial charge in [-0.2, -0.15) is 0 Å². The molecule has 0 radical (unpaired) electrons. The molecule has 3 heterocycles. The van der Waals surface area contributed by atoms with Gasteiger partial charge >= 0.3 is 0 Å². The van der Waals surface area contributed by atoms with Gasteiger partial charge in [-0.1, -0.05) is 152 Å². The van der Waals surface area contributed by atoms with E-state index in [1.807, 2.05) is 6.20 Å². The lowest BCUT2D eigenvalue weighted by molar-refractivity contribution is 0.582. The van der Waals surface area contributed by atoms with Crippen LogP contribution in [-0.4, -0.2) is 16.2 Å². The lowest BCUT2D eigenvalue weighted by Crippen LogP contribution is -2.26. The smallest absolute Gasteiger partial charge is 0.137 e. The fourth-order valence-corrected chi connectivity index (χ4v) is 8.55. The zero-order valence-electron chi connectivity index (χ0n) is 34.5. The van der Waals surface area contributed by atoms with E-state index in [9.17, 15) is 0 Å². The van der Waals surface area contributed by atoms with Crippen molar-refractivity contribution in [3.63, 3.8) is 0 Å². The standard InChI is InChI=1S/C53H52N4/c1-51(2,3)37-28-29-54-50(34-37)57-46-23-15-13-21-43(46)44-27-26-38(33-49(44)57)53(7,8)40-30-39(52(4,5)6)31-41(32-40)55-35-56(48-25-17-16-24-47(48)55)45-22-14-12-20-42(45)36-18-10-9-11-19-36/h9-34H,35H2,1-8H3. The molecular weight excluding hydrogens is 693 g/mol. The molecule has 0 unspecified atom stereocenters. The second-order valence-corrected chi connectivity index (χ2v) is 18.3. The van der Waals surface area contributed by atoms with Crippen molar-refractivity contribution in [2.75, 3.05) is 16.5 Å². The molecule has 4 nitrogen and oxygen atoms in total. The highest BCUT2D eigenvalue weighted by atomic mass is 15.4. The highest BCUT2D eigenvalue weighted by Crippen LogP contribution is 2.48. The third-order valence-electron chi connectivity index (χ3n) is 12.1. The van der Waals surface area contributed by atoms with Crippen LogP contribution in [0.25, 0.3) is 38.8 Å². The van der Waals surface area contributed by atoms with Gasteiger partial charge in [0.2, 0.25) is 0 Å². The van der Waals surface area contributed by atoms with Crippen LogP contribution in [0.2, 0.25) is 0 Å². The average Bonchev–Trinajstić information content (AvgIpc) is 3.76. The van der Waals surface area contributed by atoms with Crippen molar-refractivity contribution in [1.82, 2.24) is 9.55 Å². The molecule has 6 aromatic carbocycles. The predicted octanol–water partition coefficient (Wildman–Crippen LogP) is 14.0. The van der Waals surface area contributed by atoms with Gasteiger partial charge in [0.25, 0.3) is 0 Å². The summed E-state index contributed by atoms with van der Waals surface area (Å²) < 4.78 is 2.36. The van der Waals surface area contributed by atoms with Crippen LogP contribution in [-0.2, 0) is 16.2 Å². The van der Waals surface area contributed by atoms with Crippen LogP contribution in [0.15, 0.2) is 158 Å². The first-order valence-electron chi connectivity index (χ1n) is 20.2. The summed E-state index contributed by atoms with van der Waals surface area (Å²) in [6.07, 6.45) is 1.96. The van der Waals surface area contributed by atoms with E-state index in [2.05, 4.69) is 221 Å². The topological polar surface area (TPSA) is 24.3 Å². The maximum absolute atomic E-state index is 4.96. The minimum Gasteiger partial charge on any atom is -0.321 e. The number of anilines is 4. The van der Waals surface area contributed by atoms with Crippen molar-refractivity contribution in [3.05, 3.63) is 180 Å². The van der Waals surface area contributed by atoms with E-state index < -0.39 is 0 Å². The number of rotatable bonds is 6. The fourth-order valence-electron chi connectivity index (χ4n) is 8.55. The molecule has 8 aromatic rings. The Labute approximate surface area is 338 Å². The Morgan fingerprint density at radius 1 is 0.456 bits per heavy atom. The van der Waals surface area contributed by atoms with Gasteiger partial charge in [-0.3, -0.25) is 4.57 Å². The largest absolute Gasteiger partial charge is 0.321 e. The number of aromatic nitrogens is 2. The van der Waals surface area contributed by atoms with Gasteiger partial charge < -0.3 is 9.80 Å². The van der Waals surface area contributed by atoms with E-state index in [0.717, 1.165) is 5.82 Å². The Hall–Kier alpha value is -6.13. The maximum Gasteiger partial charge on any atom is 0.137 e. The number of hydrogen-bond acceptors (Lipinski definition) is 3. The highest BCUT2D eigenvalue weighted by Gasteiger charge is 2.33. The lowest BCUT2D eigenvalue weighted by Gasteiger charge is -2.32. The van der Waals surface area contributed by atoms with Crippen LogP contribution >= 0.6 is 0 Å². The summed E-state index contributed by atoms with van der Waals surface area (Å²) in [5, 5.41) is 2.48. The second kappa shape index (κ2) is 13.5. The molecule has 1 aliphatic rings. The summed E-state index contributed by atoms with van der Waals surface area (Å²) in [4.78, 5) is 9.94.